The molecule has 0 aromatic heterocycles. The molecule has 0 aliphatic heterocycles. The van der Waals surface area contributed by atoms with Gasteiger partial charge in [0.1, 0.15) is 0 Å². The fraction of sp³-hybridized carbons (Fsp3) is 0.500. The number of carboxylic acids is 2. The van der Waals surface area contributed by atoms with Crippen molar-refractivity contribution < 1.29 is 24.6 Å². The van der Waals surface area contributed by atoms with Crippen molar-refractivity contribution in [3.63, 3.8) is 0 Å². The second kappa shape index (κ2) is 6.75. The molecule has 0 amide bonds. The molecule has 0 aromatic rings. The predicted molar refractivity (Wildman–Crippen MR) is 52.4 cm³/mol. The van der Waals surface area contributed by atoms with Gasteiger partial charge in [-0.3, -0.25) is 14.4 Å². The van der Waals surface area contributed by atoms with Gasteiger partial charge in [0.2, 0.25) is 0 Å². The molecule has 84 valence electrons. The van der Waals surface area contributed by atoms with Crippen LogP contribution in [0, 0.1) is 5.92 Å². The molecule has 0 aromatic carbocycles. The van der Waals surface area contributed by atoms with Crippen molar-refractivity contribution in [3.05, 3.63) is 12.7 Å². The lowest BCUT2D eigenvalue weighted by Gasteiger charge is -2.08. The van der Waals surface area contributed by atoms with Crippen LogP contribution in [0.25, 0.3) is 0 Å². The first-order valence-electron chi connectivity index (χ1n) is 4.57. The van der Waals surface area contributed by atoms with Gasteiger partial charge in [-0.1, -0.05) is 6.58 Å². The Morgan fingerprint density at radius 1 is 1.27 bits per heavy atom. The lowest BCUT2D eigenvalue weighted by atomic mass is 9.98. The first-order valence-corrected chi connectivity index (χ1v) is 4.57. The number of aliphatic carboxylic acids is 2. The van der Waals surface area contributed by atoms with E-state index >= 15 is 0 Å². The molecule has 0 aliphatic carbocycles. The van der Waals surface area contributed by atoms with Crippen molar-refractivity contribution in [1.29, 1.82) is 0 Å². The van der Waals surface area contributed by atoms with E-state index in [0.29, 0.717) is 6.42 Å². The number of hydrogen-bond acceptors (Lipinski definition) is 3. The fourth-order valence-electron chi connectivity index (χ4n) is 1.15. The Morgan fingerprint density at radius 2 is 1.87 bits per heavy atom. The highest BCUT2D eigenvalue weighted by Crippen LogP contribution is 2.13. The average Bonchev–Trinajstić information content (AvgIpc) is 2.15. The highest BCUT2D eigenvalue weighted by molar-refractivity contribution is 5.89. The summed E-state index contributed by atoms with van der Waals surface area (Å²) in [5, 5.41) is 17.1. The molecule has 5 heteroatoms. The van der Waals surface area contributed by atoms with Crippen LogP contribution in [0.1, 0.15) is 25.7 Å². The van der Waals surface area contributed by atoms with Crippen LogP contribution in [-0.4, -0.2) is 27.9 Å². The van der Waals surface area contributed by atoms with Gasteiger partial charge in [-0.2, -0.15) is 0 Å². The summed E-state index contributed by atoms with van der Waals surface area (Å²) in [5.74, 6) is -3.35. The van der Waals surface area contributed by atoms with Crippen LogP contribution in [0.15, 0.2) is 12.7 Å². The van der Waals surface area contributed by atoms with Crippen molar-refractivity contribution >= 4 is 17.7 Å². The third kappa shape index (κ3) is 6.42. The summed E-state index contributed by atoms with van der Waals surface area (Å²) in [7, 11) is 0. The summed E-state index contributed by atoms with van der Waals surface area (Å²) in [6.07, 6.45) is 1.55. The molecule has 0 spiro atoms. The highest BCUT2D eigenvalue weighted by Gasteiger charge is 2.20. The molecular weight excluding hydrogens is 200 g/mol. The largest absolute Gasteiger partial charge is 0.481 e. The third-order valence-corrected chi connectivity index (χ3v) is 1.97. The number of carbonyl (C=O) groups is 3. The zero-order chi connectivity index (χ0) is 11.8. The van der Waals surface area contributed by atoms with Crippen molar-refractivity contribution in [3.8, 4) is 0 Å². The van der Waals surface area contributed by atoms with Crippen LogP contribution >= 0.6 is 0 Å². The smallest absolute Gasteiger partial charge is 0.307 e. The van der Waals surface area contributed by atoms with Gasteiger partial charge in [0.05, 0.1) is 12.3 Å². The Labute approximate surface area is 87.4 Å². The van der Waals surface area contributed by atoms with E-state index in [0.717, 1.165) is 0 Å². The van der Waals surface area contributed by atoms with E-state index in [9.17, 15) is 14.4 Å². The number of carbonyl (C=O) groups excluding carboxylic acids is 1. The maximum atomic E-state index is 10.8. The minimum Gasteiger partial charge on any atom is -0.481 e. The van der Waals surface area contributed by atoms with Gasteiger partial charge in [-0.25, -0.2) is 0 Å². The minimum absolute atomic E-state index is 0.158. The molecule has 0 bridgehead atoms. The lowest BCUT2D eigenvalue weighted by molar-refractivity contribution is -0.148. The van der Waals surface area contributed by atoms with Crippen LogP contribution in [0.4, 0.5) is 0 Å². The van der Waals surface area contributed by atoms with Crippen LogP contribution in [0.3, 0.4) is 0 Å². The van der Waals surface area contributed by atoms with Crippen LogP contribution in [-0.2, 0) is 14.4 Å². The van der Waals surface area contributed by atoms with Gasteiger partial charge < -0.3 is 10.2 Å². The monoisotopic (exact) mass is 214 g/mol. The van der Waals surface area contributed by atoms with Gasteiger partial charge in [0.25, 0.3) is 0 Å². The Kier molecular flexibility index (Phi) is 6.01. The lowest BCUT2D eigenvalue weighted by Crippen LogP contribution is -2.18. The maximum Gasteiger partial charge on any atom is 0.307 e. The van der Waals surface area contributed by atoms with Crippen LogP contribution < -0.4 is 0 Å². The molecule has 1 atom stereocenters. The first kappa shape index (κ1) is 13.4. The molecule has 0 aliphatic rings. The van der Waals surface area contributed by atoms with E-state index in [4.69, 9.17) is 10.2 Å². The second-order valence-electron chi connectivity index (χ2n) is 3.20. The Morgan fingerprint density at radius 3 is 2.27 bits per heavy atom. The number of carboxylic acid groups (broad SMARTS) is 2. The van der Waals surface area contributed by atoms with Gasteiger partial charge >= 0.3 is 11.9 Å². The molecule has 15 heavy (non-hydrogen) atoms. The van der Waals surface area contributed by atoms with E-state index in [1.54, 1.807) is 0 Å². The maximum absolute atomic E-state index is 10.8. The van der Waals surface area contributed by atoms with Crippen molar-refractivity contribution in [1.82, 2.24) is 0 Å². The summed E-state index contributed by atoms with van der Waals surface area (Å²) < 4.78 is 0. The molecule has 5 nitrogen and oxygen atoms in total. The molecule has 0 radical (unpaired) electrons. The molecule has 0 rings (SSSR count). The topological polar surface area (TPSA) is 91.7 Å². The molecule has 1 unspecified atom stereocenters. The summed E-state index contributed by atoms with van der Waals surface area (Å²) in [6, 6.07) is 0. The molecule has 0 saturated carbocycles. The predicted octanol–water partition coefficient (Wildman–Crippen LogP) is 1.09. The van der Waals surface area contributed by atoms with Crippen LogP contribution in [0.5, 0.6) is 0 Å². The van der Waals surface area contributed by atoms with Gasteiger partial charge in [-0.15, -0.1) is 0 Å². The highest BCUT2D eigenvalue weighted by atomic mass is 16.4. The van der Waals surface area contributed by atoms with Gasteiger partial charge in [0.15, 0.2) is 5.78 Å². The summed E-state index contributed by atoms with van der Waals surface area (Å²) in [4.78, 5) is 31.7. The zero-order valence-corrected chi connectivity index (χ0v) is 8.31. The van der Waals surface area contributed by atoms with Gasteiger partial charge in [0, 0.05) is 6.42 Å². The summed E-state index contributed by atoms with van der Waals surface area (Å²) in [5.41, 5.74) is 0. The first-order chi connectivity index (χ1) is 6.97. The van der Waals surface area contributed by atoms with Crippen molar-refractivity contribution in [2.45, 2.75) is 25.7 Å². The second-order valence-corrected chi connectivity index (χ2v) is 3.20. The molecule has 0 fully saturated rings. The third-order valence-electron chi connectivity index (χ3n) is 1.97. The number of hydrogen-bond donors (Lipinski definition) is 2. The molecular formula is C10H14O5. The van der Waals surface area contributed by atoms with E-state index < -0.39 is 24.3 Å². The summed E-state index contributed by atoms with van der Waals surface area (Å²) in [6.45, 7) is 3.28. The quantitative estimate of drug-likeness (QED) is 0.590. The van der Waals surface area contributed by atoms with E-state index in [2.05, 4.69) is 6.58 Å². The van der Waals surface area contributed by atoms with Crippen LogP contribution in [0.2, 0.25) is 0 Å². The average molecular weight is 214 g/mol. The summed E-state index contributed by atoms with van der Waals surface area (Å²) >= 11 is 0. The fourth-order valence-corrected chi connectivity index (χ4v) is 1.15. The minimum atomic E-state index is -1.14. The molecule has 0 heterocycles. The van der Waals surface area contributed by atoms with Gasteiger partial charge in [-0.05, 0) is 18.9 Å². The Balaban J connectivity index is 3.96. The number of rotatable bonds is 8. The van der Waals surface area contributed by atoms with E-state index in [-0.39, 0.29) is 18.6 Å². The van der Waals surface area contributed by atoms with E-state index in [1.807, 2.05) is 0 Å². The zero-order valence-electron chi connectivity index (χ0n) is 8.31. The molecule has 0 saturated heterocycles. The molecule has 2 N–H and O–H groups in total. The van der Waals surface area contributed by atoms with E-state index in [1.165, 1.54) is 6.08 Å². The Bertz CT molecular complexity index is 269. The standard InChI is InChI=1S/C10H14O5/c1-2-8(11)5-3-4-7(10(14)15)6-9(12)13/h2,7H,1,3-6H2,(H,12,13)(H,14,15). The Hall–Kier alpha value is -1.65. The SMILES string of the molecule is C=CC(=O)CCCC(CC(=O)O)C(=O)O. The number of ketones is 1. The van der Waals surface area contributed by atoms with Crippen molar-refractivity contribution in [2.75, 3.05) is 0 Å². The number of allylic oxidation sites excluding steroid dienone is 1. The normalized spacial score (nSPS) is 11.7. The van der Waals surface area contributed by atoms with Crippen molar-refractivity contribution in [2.24, 2.45) is 5.92 Å².